The van der Waals surface area contributed by atoms with E-state index in [9.17, 15) is 10.0 Å². The maximum absolute atomic E-state index is 10.6. The van der Waals surface area contributed by atoms with Gasteiger partial charge in [-0.05, 0) is 79.4 Å². The zero-order chi connectivity index (χ0) is 30.6. The van der Waals surface area contributed by atoms with Gasteiger partial charge in [0.1, 0.15) is 0 Å². The van der Waals surface area contributed by atoms with E-state index in [0.717, 1.165) is 39.2 Å². The minimum atomic E-state index is -1.63. The van der Waals surface area contributed by atoms with Crippen molar-refractivity contribution in [1.29, 1.82) is 0 Å². The zero-order valence-electron chi connectivity index (χ0n) is 24.8. The Morgan fingerprint density at radius 1 is 0.467 bits per heavy atom. The van der Waals surface area contributed by atoms with Crippen molar-refractivity contribution in [1.82, 2.24) is 0 Å². The van der Waals surface area contributed by atoms with Crippen molar-refractivity contribution < 1.29 is 10.0 Å². The first kappa shape index (κ1) is 28.4. The second-order valence-electron chi connectivity index (χ2n) is 11.2. The summed E-state index contributed by atoms with van der Waals surface area (Å²) in [5.41, 5.74) is 9.85. The van der Waals surface area contributed by atoms with Gasteiger partial charge in [-0.15, -0.1) is 0 Å². The summed E-state index contributed by atoms with van der Waals surface area (Å²) in [6.07, 6.45) is 0. The molecule has 0 aliphatic rings. The van der Waals surface area contributed by atoms with Crippen molar-refractivity contribution in [2.24, 2.45) is 0 Å². The minimum Gasteiger partial charge on any atom is -0.423 e. The average Bonchev–Trinajstić information content (AvgIpc) is 3.11. The van der Waals surface area contributed by atoms with Gasteiger partial charge in [0.2, 0.25) is 0 Å². The maximum Gasteiger partial charge on any atom is 0.489 e. The highest BCUT2D eigenvalue weighted by molar-refractivity contribution is 6.60. The van der Waals surface area contributed by atoms with E-state index in [-0.39, 0.29) is 0 Å². The van der Waals surface area contributed by atoms with Crippen LogP contribution in [0.4, 0.5) is 11.4 Å². The lowest BCUT2D eigenvalue weighted by Gasteiger charge is -2.28. The van der Waals surface area contributed by atoms with E-state index in [0.29, 0.717) is 12.0 Å². The Kier molecular flexibility index (Phi) is 7.99. The third-order valence-corrected chi connectivity index (χ3v) is 8.38. The first-order valence-corrected chi connectivity index (χ1v) is 15.2. The van der Waals surface area contributed by atoms with Crippen LogP contribution in [0.1, 0.15) is 5.56 Å². The highest BCUT2D eigenvalue weighted by atomic mass is 16.4. The van der Waals surface area contributed by atoms with Crippen LogP contribution in [-0.2, 0) is 6.54 Å². The molecule has 0 fully saturated rings. The minimum absolute atomic E-state index is 0.463. The van der Waals surface area contributed by atoms with Gasteiger partial charge in [0.15, 0.2) is 0 Å². The van der Waals surface area contributed by atoms with Crippen LogP contribution in [0.25, 0.3) is 44.2 Å². The summed E-state index contributed by atoms with van der Waals surface area (Å²) >= 11 is 0. The van der Waals surface area contributed by atoms with E-state index in [1.54, 1.807) is 0 Å². The molecular formula is C41H32BNO2. The van der Waals surface area contributed by atoms with Gasteiger partial charge in [0.05, 0.1) is 0 Å². The first-order valence-electron chi connectivity index (χ1n) is 15.2. The fraction of sp³-hybridized carbons (Fsp3) is 0.0244. The van der Waals surface area contributed by atoms with Crippen molar-refractivity contribution in [2.75, 3.05) is 4.90 Å². The van der Waals surface area contributed by atoms with Gasteiger partial charge in [0.25, 0.3) is 0 Å². The van der Waals surface area contributed by atoms with Crippen LogP contribution in [0, 0.1) is 0 Å². The Morgan fingerprint density at radius 2 is 1.07 bits per heavy atom. The molecule has 45 heavy (non-hydrogen) atoms. The van der Waals surface area contributed by atoms with E-state index in [1.807, 2.05) is 54.6 Å². The molecular weight excluding hydrogens is 549 g/mol. The molecule has 0 atom stereocenters. The lowest BCUT2D eigenvalue weighted by atomic mass is 9.75. The number of fused-ring (bicyclic) bond motifs is 1. The normalized spacial score (nSPS) is 11.0. The summed E-state index contributed by atoms with van der Waals surface area (Å²) in [5.74, 6) is 0. The third-order valence-electron chi connectivity index (χ3n) is 8.38. The monoisotopic (exact) mass is 581 g/mol. The summed E-state index contributed by atoms with van der Waals surface area (Å²) < 4.78 is 0. The number of benzene rings is 7. The Bertz CT molecular complexity index is 2060. The molecule has 7 rings (SSSR count). The van der Waals surface area contributed by atoms with Crippen LogP contribution in [-0.4, -0.2) is 17.2 Å². The molecule has 2 N–H and O–H groups in total. The molecule has 0 bridgehead atoms. The fourth-order valence-corrected chi connectivity index (χ4v) is 6.19. The Balaban J connectivity index is 1.41. The molecule has 0 spiro atoms. The van der Waals surface area contributed by atoms with Crippen LogP contribution in [0.3, 0.4) is 0 Å². The largest absolute Gasteiger partial charge is 0.489 e. The summed E-state index contributed by atoms with van der Waals surface area (Å²) in [5, 5.41) is 23.5. The molecule has 0 heterocycles. The molecule has 7 aromatic carbocycles. The molecule has 0 saturated heterocycles. The molecule has 0 unspecified atom stereocenters. The molecule has 7 aromatic rings. The smallest absolute Gasteiger partial charge is 0.423 e. The SMILES string of the molecule is OB(O)c1cc(N(Cc2ccc3ccccc3c2-c2ccccc2)c2cccc(-c3ccccc3)c2)ccc1-c1ccccc1. The average molecular weight is 582 g/mol. The number of rotatable bonds is 8. The number of hydrogen-bond acceptors (Lipinski definition) is 3. The summed E-state index contributed by atoms with van der Waals surface area (Å²) in [7, 11) is -1.63. The van der Waals surface area contributed by atoms with Crippen LogP contribution in [0.2, 0.25) is 0 Å². The van der Waals surface area contributed by atoms with E-state index < -0.39 is 7.12 Å². The maximum atomic E-state index is 10.6. The topological polar surface area (TPSA) is 43.7 Å². The van der Waals surface area contributed by atoms with Gasteiger partial charge in [-0.2, -0.15) is 0 Å². The number of hydrogen-bond donors (Lipinski definition) is 2. The lowest BCUT2D eigenvalue weighted by Crippen LogP contribution is -2.32. The second kappa shape index (κ2) is 12.7. The van der Waals surface area contributed by atoms with Crippen LogP contribution < -0.4 is 10.4 Å². The Morgan fingerprint density at radius 3 is 1.78 bits per heavy atom. The van der Waals surface area contributed by atoms with Crippen molar-refractivity contribution in [3.8, 4) is 33.4 Å². The summed E-state index contributed by atoms with van der Waals surface area (Å²) in [4.78, 5) is 2.27. The van der Waals surface area contributed by atoms with Gasteiger partial charge in [0, 0.05) is 17.9 Å². The molecule has 216 valence electrons. The molecule has 0 saturated carbocycles. The third kappa shape index (κ3) is 5.90. The van der Waals surface area contributed by atoms with E-state index in [4.69, 9.17) is 0 Å². The molecule has 0 aromatic heterocycles. The fourth-order valence-electron chi connectivity index (χ4n) is 6.19. The number of nitrogens with zero attached hydrogens (tertiary/aromatic N) is 1. The molecule has 3 nitrogen and oxygen atoms in total. The second-order valence-corrected chi connectivity index (χ2v) is 11.2. The van der Waals surface area contributed by atoms with Gasteiger partial charge in [-0.1, -0.05) is 146 Å². The Hall–Kier alpha value is -5.42. The van der Waals surface area contributed by atoms with Crippen LogP contribution >= 0.6 is 0 Å². The van der Waals surface area contributed by atoms with E-state index in [1.165, 1.54) is 21.9 Å². The lowest BCUT2D eigenvalue weighted by molar-refractivity contribution is 0.426. The van der Waals surface area contributed by atoms with Gasteiger partial charge < -0.3 is 14.9 Å². The Labute approximate surface area is 264 Å². The molecule has 0 aliphatic heterocycles. The number of anilines is 2. The molecule has 0 amide bonds. The van der Waals surface area contributed by atoms with E-state index >= 15 is 0 Å². The highest BCUT2D eigenvalue weighted by Gasteiger charge is 2.22. The standard InChI is InChI=1S/C41H32BNO2/c44-42(45)40-28-37(25-26-38(40)31-15-6-2-7-16-31)43(36-21-12-20-34(27-36)30-13-4-1-5-14-30)29-35-24-23-32-17-10-11-22-39(32)41(35)33-18-8-3-9-19-33/h1-28,44-45H,29H2. The van der Waals surface area contributed by atoms with Crippen molar-refractivity contribution >= 4 is 34.7 Å². The summed E-state index contributed by atoms with van der Waals surface area (Å²) in [6.45, 7) is 0.568. The van der Waals surface area contributed by atoms with Crippen molar-refractivity contribution in [2.45, 2.75) is 6.54 Å². The zero-order valence-corrected chi connectivity index (χ0v) is 24.8. The molecule has 0 aliphatic carbocycles. The van der Waals surface area contributed by atoms with Gasteiger partial charge in [-0.3, -0.25) is 0 Å². The van der Waals surface area contributed by atoms with Gasteiger partial charge in [-0.25, -0.2) is 0 Å². The van der Waals surface area contributed by atoms with E-state index in [2.05, 4.69) is 120 Å². The van der Waals surface area contributed by atoms with Crippen LogP contribution in [0.15, 0.2) is 170 Å². The van der Waals surface area contributed by atoms with Crippen molar-refractivity contribution in [3.63, 3.8) is 0 Å². The highest BCUT2D eigenvalue weighted by Crippen LogP contribution is 2.37. The first-order chi connectivity index (χ1) is 22.2. The van der Waals surface area contributed by atoms with Gasteiger partial charge >= 0.3 is 7.12 Å². The predicted octanol–water partition coefficient (Wildman–Crippen LogP) is 8.86. The summed E-state index contributed by atoms with van der Waals surface area (Å²) in [6, 6.07) is 58.2. The molecule has 4 heteroatoms. The molecule has 0 radical (unpaired) electrons. The van der Waals surface area contributed by atoms with Crippen LogP contribution in [0.5, 0.6) is 0 Å². The predicted molar refractivity (Wildman–Crippen MR) is 189 cm³/mol. The van der Waals surface area contributed by atoms with Crippen molar-refractivity contribution in [3.05, 3.63) is 175 Å². The quantitative estimate of drug-likeness (QED) is 0.176.